The van der Waals surface area contributed by atoms with E-state index in [1.807, 2.05) is 18.3 Å². The second-order valence-corrected chi connectivity index (χ2v) is 6.91. The van der Waals surface area contributed by atoms with Gasteiger partial charge in [0.25, 0.3) is 0 Å². The number of fused-ring (bicyclic) bond motifs is 1. The van der Waals surface area contributed by atoms with Crippen LogP contribution in [0.4, 0.5) is 0 Å². The predicted molar refractivity (Wildman–Crippen MR) is 90.4 cm³/mol. The molecule has 0 aromatic carbocycles. The van der Waals surface area contributed by atoms with E-state index < -0.39 is 0 Å². The Kier molecular flexibility index (Phi) is 5.81. The van der Waals surface area contributed by atoms with Crippen LogP contribution in [0.1, 0.15) is 18.5 Å². The van der Waals surface area contributed by atoms with Gasteiger partial charge in [-0.3, -0.25) is 14.7 Å². The number of carbonyl (C=O) groups is 1. The van der Waals surface area contributed by atoms with Gasteiger partial charge in [0.05, 0.1) is 25.0 Å². The number of hydrogen-bond donors (Lipinski definition) is 0. The highest BCUT2D eigenvalue weighted by atomic mass is 16.5. The lowest BCUT2D eigenvalue weighted by Crippen LogP contribution is -2.47. The number of nitrogens with zero attached hydrogens (tertiary/aromatic N) is 3. The number of aromatic nitrogens is 1. The van der Waals surface area contributed by atoms with Crippen molar-refractivity contribution in [2.45, 2.75) is 31.5 Å². The van der Waals surface area contributed by atoms with Crippen LogP contribution >= 0.6 is 0 Å². The highest BCUT2D eigenvalue weighted by Crippen LogP contribution is 2.35. The SMILES string of the molecule is CN(C)C(=O)COC[C@@H]1C[C@H]2OCCN(Cc3ccccn3)[C@H]2C1. The number of pyridine rings is 1. The summed E-state index contributed by atoms with van der Waals surface area (Å²) in [6.07, 6.45) is 4.20. The molecule has 6 heteroatoms. The van der Waals surface area contributed by atoms with E-state index in [1.165, 1.54) is 0 Å². The zero-order chi connectivity index (χ0) is 16.9. The van der Waals surface area contributed by atoms with E-state index in [9.17, 15) is 4.79 Å². The lowest BCUT2D eigenvalue weighted by molar-refractivity contribution is -0.134. The van der Waals surface area contributed by atoms with Crippen molar-refractivity contribution in [1.29, 1.82) is 0 Å². The van der Waals surface area contributed by atoms with E-state index in [1.54, 1.807) is 19.0 Å². The summed E-state index contributed by atoms with van der Waals surface area (Å²) in [5.74, 6) is 0.470. The molecule has 2 aliphatic rings. The maximum atomic E-state index is 11.6. The zero-order valence-electron chi connectivity index (χ0n) is 14.6. The minimum atomic E-state index is 0.0124. The summed E-state index contributed by atoms with van der Waals surface area (Å²) >= 11 is 0. The van der Waals surface area contributed by atoms with E-state index in [-0.39, 0.29) is 18.6 Å². The fraction of sp³-hybridized carbons (Fsp3) is 0.667. The fourth-order valence-corrected chi connectivity index (χ4v) is 3.60. The Hall–Kier alpha value is -1.50. The monoisotopic (exact) mass is 333 g/mol. The Morgan fingerprint density at radius 2 is 2.29 bits per heavy atom. The van der Waals surface area contributed by atoms with Crippen molar-refractivity contribution in [2.75, 3.05) is 40.5 Å². The molecule has 1 aromatic heterocycles. The van der Waals surface area contributed by atoms with Crippen molar-refractivity contribution in [2.24, 2.45) is 5.92 Å². The average molecular weight is 333 g/mol. The van der Waals surface area contributed by atoms with Crippen LogP contribution in [0, 0.1) is 5.92 Å². The van der Waals surface area contributed by atoms with Crippen LogP contribution in [0.15, 0.2) is 24.4 Å². The molecule has 0 unspecified atom stereocenters. The molecule has 1 saturated heterocycles. The van der Waals surface area contributed by atoms with Crippen LogP contribution in [0.3, 0.4) is 0 Å². The lowest BCUT2D eigenvalue weighted by atomic mass is 10.1. The molecular weight excluding hydrogens is 306 g/mol. The van der Waals surface area contributed by atoms with Gasteiger partial charge < -0.3 is 14.4 Å². The normalized spacial score (nSPS) is 27.0. The third-order valence-electron chi connectivity index (χ3n) is 4.92. The Morgan fingerprint density at radius 3 is 3.04 bits per heavy atom. The Bertz CT molecular complexity index is 538. The van der Waals surface area contributed by atoms with Crippen molar-refractivity contribution in [3.05, 3.63) is 30.1 Å². The number of morpholine rings is 1. The lowest BCUT2D eigenvalue weighted by Gasteiger charge is -2.37. The van der Waals surface area contributed by atoms with Gasteiger partial charge in [0, 0.05) is 39.4 Å². The topological polar surface area (TPSA) is 54.9 Å². The van der Waals surface area contributed by atoms with Crippen LogP contribution in [0.5, 0.6) is 0 Å². The molecule has 0 radical (unpaired) electrons. The number of likely N-dealkylation sites (N-methyl/N-ethyl adjacent to an activating group) is 1. The van der Waals surface area contributed by atoms with E-state index in [4.69, 9.17) is 9.47 Å². The molecule has 2 fully saturated rings. The molecule has 1 aromatic rings. The van der Waals surface area contributed by atoms with Crippen molar-refractivity contribution >= 4 is 5.91 Å². The molecule has 0 spiro atoms. The van der Waals surface area contributed by atoms with Crippen molar-refractivity contribution in [1.82, 2.24) is 14.8 Å². The molecule has 0 bridgehead atoms. The Morgan fingerprint density at radius 1 is 1.42 bits per heavy atom. The smallest absolute Gasteiger partial charge is 0.248 e. The second-order valence-electron chi connectivity index (χ2n) is 6.91. The third kappa shape index (κ3) is 4.32. The molecule has 132 valence electrons. The van der Waals surface area contributed by atoms with Crippen LogP contribution in [0.2, 0.25) is 0 Å². The summed E-state index contributed by atoms with van der Waals surface area (Å²) in [7, 11) is 3.50. The molecule has 6 nitrogen and oxygen atoms in total. The van der Waals surface area contributed by atoms with E-state index in [0.29, 0.717) is 18.6 Å². The highest BCUT2D eigenvalue weighted by Gasteiger charge is 2.41. The van der Waals surface area contributed by atoms with Crippen molar-refractivity contribution < 1.29 is 14.3 Å². The Labute approximate surface area is 143 Å². The average Bonchev–Trinajstić information content (AvgIpc) is 2.99. The first kappa shape index (κ1) is 17.3. The minimum absolute atomic E-state index is 0.0124. The van der Waals surface area contributed by atoms with Crippen LogP contribution in [-0.4, -0.2) is 73.3 Å². The van der Waals surface area contributed by atoms with Gasteiger partial charge in [0.15, 0.2) is 0 Å². The molecule has 3 atom stereocenters. The van der Waals surface area contributed by atoms with Crippen LogP contribution in [-0.2, 0) is 20.8 Å². The zero-order valence-corrected chi connectivity index (χ0v) is 14.6. The van der Waals surface area contributed by atoms with Crippen molar-refractivity contribution in [3.8, 4) is 0 Å². The second kappa shape index (κ2) is 8.05. The standard InChI is InChI=1S/C18H27N3O3/c1-20(2)18(22)13-23-12-14-9-16-17(10-14)24-8-7-21(16)11-15-5-3-4-6-19-15/h3-6,14,16-17H,7-13H2,1-2H3/t14-,16-,17+/m0/s1. The molecular formula is C18H27N3O3. The minimum Gasteiger partial charge on any atom is -0.375 e. The predicted octanol–water partition coefficient (Wildman–Crippen LogP) is 1.17. The number of amides is 1. The first-order chi connectivity index (χ1) is 11.6. The summed E-state index contributed by atoms with van der Waals surface area (Å²) in [5.41, 5.74) is 1.11. The molecule has 24 heavy (non-hydrogen) atoms. The quantitative estimate of drug-likeness (QED) is 0.782. The number of rotatable bonds is 6. The molecule has 1 amide bonds. The summed E-state index contributed by atoms with van der Waals surface area (Å²) in [6.45, 7) is 3.40. The molecule has 0 N–H and O–H groups in total. The third-order valence-corrected chi connectivity index (χ3v) is 4.92. The summed E-state index contributed by atoms with van der Waals surface area (Å²) in [6, 6.07) is 6.49. The van der Waals surface area contributed by atoms with E-state index >= 15 is 0 Å². The first-order valence-corrected chi connectivity index (χ1v) is 8.67. The first-order valence-electron chi connectivity index (χ1n) is 8.67. The van der Waals surface area contributed by atoms with E-state index in [2.05, 4.69) is 16.0 Å². The molecule has 1 aliphatic carbocycles. The molecule has 1 aliphatic heterocycles. The van der Waals surface area contributed by atoms with Gasteiger partial charge in [-0.25, -0.2) is 0 Å². The van der Waals surface area contributed by atoms with Crippen LogP contribution < -0.4 is 0 Å². The fourth-order valence-electron chi connectivity index (χ4n) is 3.60. The number of ether oxygens (including phenoxy) is 2. The van der Waals surface area contributed by atoms with Gasteiger partial charge in [-0.15, -0.1) is 0 Å². The summed E-state index contributed by atoms with van der Waals surface area (Å²) in [4.78, 5) is 20.1. The van der Waals surface area contributed by atoms with E-state index in [0.717, 1.165) is 38.2 Å². The van der Waals surface area contributed by atoms with Gasteiger partial charge in [0.2, 0.25) is 5.91 Å². The Balaban J connectivity index is 1.50. The number of carbonyl (C=O) groups excluding carboxylic acids is 1. The maximum Gasteiger partial charge on any atom is 0.248 e. The molecule has 3 rings (SSSR count). The van der Waals surface area contributed by atoms with Gasteiger partial charge in [-0.1, -0.05) is 6.07 Å². The highest BCUT2D eigenvalue weighted by molar-refractivity contribution is 5.76. The maximum absolute atomic E-state index is 11.6. The largest absolute Gasteiger partial charge is 0.375 e. The van der Waals surface area contributed by atoms with Gasteiger partial charge >= 0.3 is 0 Å². The summed E-state index contributed by atoms with van der Waals surface area (Å²) < 4.78 is 11.6. The van der Waals surface area contributed by atoms with Gasteiger partial charge in [-0.05, 0) is 30.9 Å². The van der Waals surface area contributed by atoms with Gasteiger partial charge in [0.1, 0.15) is 6.61 Å². The molecule has 1 saturated carbocycles. The number of hydrogen-bond acceptors (Lipinski definition) is 5. The van der Waals surface area contributed by atoms with Crippen molar-refractivity contribution in [3.63, 3.8) is 0 Å². The summed E-state index contributed by atoms with van der Waals surface area (Å²) in [5, 5.41) is 0. The van der Waals surface area contributed by atoms with Crippen LogP contribution in [0.25, 0.3) is 0 Å². The molecule has 2 heterocycles. The van der Waals surface area contributed by atoms with Gasteiger partial charge in [-0.2, -0.15) is 0 Å².